The first-order valence-corrected chi connectivity index (χ1v) is 9.08. The molecule has 1 aromatic heterocycles. The van der Waals surface area contributed by atoms with Gasteiger partial charge in [-0.15, -0.1) is 0 Å². The van der Waals surface area contributed by atoms with Gasteiger partial charge < -0.3 is 9.52 Å². The van der Waals surface area contributed by atoms with Crippen LogP contribution in [0.3, 0.4) is 0 Å². The third kappa shape index (κ3) is 4.39. The van der Waals surface area contributed by atoms with Gasteiger partial charge in [0.2, 0.25) is 0 Å². The van der Waals surface area contributed by atoms with Crippen molar-refractivity contribution in [2.24, 2.45) is 0 Å². The molecule has 2 rings (SSSR count). The topological polar surface area (TPSA) is 80.4 Å². The van der Waals surface area contributed by atoms with Crippen molar-refractivity contribution in [3.63, 3.8) is 0 Å². The lowest BCUT2D eigenvalue weighted by Gasteiger charge is -2.14. The first-order valence-electron chi connectivity index (χ1n) is 7.26. The number of aliphatic hydroxyl groups is 1. The molecule has 1 unspecified atom stereocenters. The van der Waals surface area contributed by atoms with E-state index in [4.69, 9.17) is 4.42 Å². The van der Waals surface area contributed by atoms with Gasteiger partial charge in [-0.3, -0.25) is 0 Å². The molecule has 1 aromatic carbocycles. The molecule has 23 heavy (non-hydrogen) atoms. The normalized spacial score (nSPS) is 13.5. The van der Waals surface area contributed by atoms with Gasteiger partial charge in [0.25, 0.3) is 0 Å². The summed E-state index contributed by atoms with van der Waals surface area (Å²) >= 11 is 0. The molecule has 1 heterocycles. The maximum atomic E-state index is 13.1. The third-order valence-corrected chi connectivity index (χ3v) is 5.09. The minimum atomic E-state index is -3.60. The second-order valence-electron chi connectivity index (χ2n) is 5.89. The lowest BCUT2D eigenvalue weighted by molar-refractivity contribution is 0.201. The predicted octanol–water partition coefficient (Wildman–Crippen LogP) is 2.89. The lowest BCUT2D eigenvalue weighted by Crippen LogP contribution is -2.18. The van der Waals surface area contributed by atoms with Crippen LogP contribution < -0.4 is 0 Å². The molecule has 5 nitrogen and oxygen atoms in total. The van der Waals surface area contributed by atoms with Gasteiger partial charge in [-0.05, 0) is 30.2 Å². The first kappa shape index (κ1) is 17.6. The molecule has 0 spiro atoms. The molecule has 1 atom stereocenters. The van der Waals surface area contributed by atoms with Crippen molar-refractivity contribution in [1.82, 2.24) is 4.98 Å². The summed E-state index contributed by atoms with van der Waals surface area (Å²) in [6.45, 7) is 5.39. The quantitative estimate of drug-likeness (QED) is 0.874. The van der Waals surface area contributed by atoms with Crippen LogP contribution in [-0.4, -0.2) is 24.3 Å². The van der Waals surface area contributed by atoms with Crippen molar-refractivity contribution in [2.45, 2.75) is 38.5 Å². The summed E-state index contributed by atoms with van der Waals surface area (Å²) in [4.78, 5) is 3.95. The monoisotopic (exact) mass is 341 g/mol. The predicted molar refractivity (Wildman–Crippen MR) is 84.2 cm³/mol. The third-order valence-electron chi connectivity index (χ3n) is 3.56. The number of rotatable bonds is 6. The molecule has 0 fully saturated rings. The van der Waals surface area contributed by atoms with Gasteiger partial charge in [0, 0.05) is 5.92 Å². The van der Waals surface area contributed by atoms with E-state index in [0.717, 1.165) is 0 Å². The number of hydrogen-bond donors (Lipinski definition) is 1. The first-order chi connectivity index (χ1) is 10.7. The van der Waals surface area contributed by atoms with Gasteiger partial charge in [-0.2, -0.15) is 0 Å². The molecule has 0 bridgehead atoms. The Morgan fingerprint density at radius 3 is 2.65 bits per heavy atom. The van der Waals surface area contributed by atoms with Crippen LogP contribution in [0.15, 0.2) is 29.0 Å². The highest BCUT2D eigenvalue weighted by Gasteiger charge is 2.24. The largest absolute Gasteiger partial charge is 0.448 e. The highest BCUT2D eigenvalue weighted by Crippen LogP contribution is 2.24. The number of halogens is 1. The number of aliphatic hydroxyl groups excluding tert-OH is 1. The van der Waals surface area contributed by atoms with E-state index in [-0.39, 0.29) is 11.7 Å². The Morgan fingerprint density at radius 1 is 1.35 bits per heavy atom. The average Bonchev–Trinajstić information content (AvgIpc) is 2.85. The zero-order chi connectivity index (χ0) is 17.2. The van der Waals surface area contributed by atoms with E-state index in [1.807, 2.05) is 13.8 Å². The van der Waals surface area contributed by atoms with Crippen LogP contribution >= 0.6 is 0 Å². The fraction of sp³-hybridized carbons (Fsp3) is 0.438. The molecule has 0 amide bonds. The molecular formula is C16H20FNO4S. The molecule has 2 aromatic rings. The highest BCUT2D eigenvalue weighted by molar-refractivity contribution is 7.90. The molecule has 1 N–H and O–H groups in total. The second kappa shape index (κ2) is 6.80. The molecular weight excluding hydrogens is 321 g/mol. The number of hydrogen-bond acceptors (Lipinski definition) is 5. The van der Waals surface area contributed by atoms with Crippen molar-refractivity contribution in [2.75, 3.05) is 5.75 Å². The number of aryl methyl sites for hydroxylation is 1. The van der Waals surface area contributed by atoms with Crippen LogP contribution in [0.4, 0.5) is 4.39 Å². The molecule has 126 valence electrons. The summed E-state index contributed by atoms with van der Waals surface area (Å²) in [6, 6.07) is 3.87. The van der Waals surface area contributed by atoms with Crippen LogP contribution in [0.1, 0.15) is 48.5 Å². The van der Waals surface area contributed by atoms with E-state index >= 15 is 0 Å². The number of sulfone groups is 1. The van der Waals surface area contributed by atoms with Crippen molar-refractivity contribution in [3.05, 3.63) is 53.0 Å². The molecule has 0 saturated carbocycles. The molecule has 0 aliphatic rings. The summed E-state index contributed by atoms with van der Waals surface area (Å²) in [7, 11) is -3.60. The molecule has 0 radical (unpaired) electrons. The Hall–Kier alpha value is -1.73. The van der Waals surface area contributed by atoms with Crippen LogP contribution in [0.25, 0.3) is 0 Å². The maximum Gasteiger partial charge on any atom is 0.181 e. The van der Waals surface area contributed by atoms with E-state index < -0.39 is 27.5 Å². The zero-order valence-electron chi connectivity index (χ0n) is 13.3. The minimum absolute atomic E-state index is 0.0203. The average molecular weight is 341 g/mol. The minimum Gasteiger partial charge on any atom is -0.448 e. The summed E-state index contributed by atoms with van der Waals surface area (Å²) in [5, 5.41) is 10.2. The summed E-state index contributed by atoms with van der Waals surface area (Å²) in [6.07, 6.45) is 0.00999. The van der Waals surface area contributed by atoms with Gasteiger partial charge in [0.15, 0.2) is 16.2 Å². The lowest BCUT2D eigenvalue weighted by atomic mass is 10.0. The molecule has 0 aliphatic heterocycles. The Bertz CT molecular complexity index is 783. The highest BCUT2D eigenvalue weighted by atomic mass is 32.2. The van der Waals surface area contributed by atoms with E-state index in [2.05, 4.69) is 4.98 Å². The number of nitrogens with zero attached hydrogens (tertiary/aromatic N) is 1. The fourth-order valence-corrected chi connectivity index (χ4v) is 3.88. The van der Waals surface area contributed by atoms with Crippen LogP contribution in [0.5, 0.6) is 0 Å². The van der Waals surface area contributed by atoms with Crippen molar-refractivity contribution in [3.8, 4) is 0 Å². The van der Waals surface area contributed by atoms with Gasteiger partial charge in [0.1, 0.15) is 11.6 Å². The Morgan fingerprint density at radius 2 is 2.04 bits per heavy atom. The van der Waals surface area contributed by atoms with Gasteiger partial charge in [-0.1, -0.05) is 19.9 Å². The SMILES string of the molecule is Cc1cc(F)ccc1C(O)CS(=O)(=O)Cc1ncoc1C(C)C. The summed E-state index contributed by atoms with van der Waals surface area (Å²) < 4.78 is 43.0. The summed E-state index contributed by atoms with van der Waals surface area (Å²) in [5.74, 6) is -0.628. The van der Waals surface area contributed by atoms with Crippen molar-refractivity contribution in [1.29, 1.82) is 0 Å². The van der Waals surface area contributed by atoms with E-state index in [1.165, 1.54) is 24.6 Å². The van der Waals surface area contributed by atoms with Crippen molar-refractivity contribution < 1.29 is 22.3 Å². The Kier molecular flexibility index (Phi) is 5.21. The Labute approximate surface area is 135 Å². The number of aromatic nitrogens is 1. The summed E-state index contributed by atoms with van der Waals surface area (Å²) in [5.41, 5.74) is 1.28. The van der Waals surface area contributed by atoms with Crippen molar-refractivity contribution >= 4 is 9.84 Å². The van der Waals surface area contributed by atoms with E-state index in [9.17, 15) is 17.9 Å². The fourth-order valence-electron chi connectivity index (χ4n) is 2.47. The smallest absolute Gasteiger partial charge is 0.181 e. The van der Waals surface area contributed by atoms with Crippen LogP contribution in [0.2, 0.25) is 0 Å². The van der Waals surface area contributed by atoms with E-state index in [0.29, 0.717) is 22.6 Å². The molecule has 0 aliphatic carbocycles. The standard InChI is InChI=1S/C16H20FNO4S/c1-10(2)16-14(18-9-22-16)7-23(20,21)8-15(19)13-5-4-12(17)6-11(13)3/h4-6,9-10,15,19H,7-8H2,1-3H3. The number of benzene rings is 1. The van der Waals surface area contributed by atoms with Gasteiger partial charge in [-0.25, -0.2) is 17.8 Å². The number of oxazole rings is 1. The van der Waals surface area contributed by atoms with Gasteiger partial charge in [0.05, 0.1) is 23.3 Å². The molecule has 0 saturated heterocycles. The van der Waals surface area contributed by atoms with E-state index in [1.54, 1.807) is 6.92 Å². The van der Waals surface area contributed by atoms with Crippen LogP contribution in [-0.2, 0) is 15.6 Å². The second-order valence-corrected chi connectivity index (χ2v) is 8.00. The Balaban J connectivity index is 2.16. The maximum absolute atomic E-state index is 13.1. The van der Waals surface area contributed by atoms with Gasteiger partial charge >= 0.3 is 0 Å². The molecule has 7 heteroatoms. The van der Waals surface area contributed by atoms with Crippen LogP contribution in [0, 0.1) is 12.7 Å². The zero-order valence-corrected chi connectivity index (χ0v) is 14.1.